The third kappa shape index (κ3) is 3.98. The summed E-state index contributed by atoms with van der Waals surface area (Å²) in [6.45, 7) is 5.60. The van der Waals surface area contributed by atoms with Gasteiger partial charge in [0.15, 0.2) is 0 Å². The molecule has 1 aromatic carbocycles. The predicted molar refractivity (Wildman–Crippen MR) is 88.5 cm³/mol. The van der Waals surface area contributed by atoms with Crippen LogP contribution in [0.15, 0.2) is 23.1 Å². The van der Waals surface area contributed by atoms with Crippen molar-refractivity contribution in [1.82, 2.24) is 9.62 Å². The van der Waals surface area contributed by atoms with Gasteiger partial charge in [-0.15, -0.1) is 12.4 Å². The van der Waals surface area contributed by atoms with Gasteiger partial charge in [0.05, 0.1) is 4.90 Å². The third-order valence-electron chi connectivity index (χ3n) is 3.96. The van der Waals surface area contributed by atoms with Crippen molar-refractivity contribution >= 4 is 22.4 Å². The zero-order valence-electron chi connectivity index (χ0n) is 13.0. The van der Waals surface area contributed by atoms with Crippen molar-refractivity contribution in [3.63, 3.8) is 0 Å². The number of hydrogen-bond donors (Lipinski definition) is 1. The van der Waals surface area contributed by atoms with Crippen LogP contribution < -0.4 is 5.32 Å². The minimum atomic E-state index is -3.65. The number of benzene rings is 1. The molecule has 1 saturated heterocycles. The highest BCUT2D eigenvalue weighted by molar-refractivity contribution is 7.89. The van der Waals surface area contributed by atoms with Crippen LogP contribution in [-0.4, -0.2) is 38.4 Å². The maximum Gasteiger partial charge on any atom is 0.243 e. The molecule has 0 saturated carbocycles. The Morgan fingerprint density at radius 1 is 1.32 bits per heavy atom. The van der Waals surface area contributed by atoms with E-state index >= 15 is 0 Å². The number of halogens is 2. The first kappa shape index (κ1) is 19.4. The number of nitrogens with zero attached hydrogens (tertiary/aromatic N) is 1. The van der Waals surface area contributed by atoms with Gasteiger partial charge in [-0.25, -0.2) is 12.8 Å². The first-order valence-electron chi connectivity index (χ1n) is 7.46. The quantitative estimate of drug-likeness (QED) is 0.888. The molecule has 0 atom stereocenters. The normalized spacial score (nSPS) is 16.5. The van der Waals surface area contributed by atoms with Crippen LogP contribution in [0.25, 0.3) is 0 Å². The highest BCUT2D eigenvalue weighted by Gasteiger charge is 2.32. The maximum absolute atomic E-state index is 13.7. The first-order valence-corrected chi connectivity index (χ1v) is 8.90. The van der Waals surface area contributed by atoms with Gasteiger partial charge in [-0.05, 0) is 51.4 Å². The summed E-state index contributed by atoms with van der Waals surface area (Å²) in [5.74, 6) is -0.474. The molecular weight excluding hydrogens is 327 g/mol. The van der Waals surface area contributed by atoms with Gasteiger partial charge in [0.2, 0.25) is 10.0 Å². The highest BCUT2D eigenvalue weighted by Crippen LogP contribution is 2.26. The molecule has 0 aromatic heterocycles. The Balaban J connectivity index is 0.00000242. The Labute approximate surface area is 138 Å². The largest absolute Gasteiger partial charge is 0.317 e. The number of nitrogens with one attached hydrogen (secondary N) is 1. The second-order valence-corrected chi connectivity index (χ2v) is 7.32. The molecule has 1 aliphatic heterocycles. The van der Waals surface area contributed by atoms with E-state index < -0.39 is 15.8 Å². The van der Waals surface area contributed by atoms with Crippen LogP contribution in [0.2, 0.25) is 0 Å². The zero-order valence-corrected chi connectivity index (χ0v) is 14.6. The Hall–Kier alpha value is -0.690. The molecule has 2 rings (SSSR count). The summed E-state index contributed by atoms with van der Waals surface area (Å²) in [4.78, 5) is 0.0921. The van der Waals surface area contributed by atoms with Gasteiger partial charge in [0, 0.05) is 18.2 Å². The number of hydrogen-bond acceptors (Lipinski definition) is 3. The molecule has 0 radical (unpaired) electrons. The van der Waals surface area contributed by atoms with Crippen LogP contribution in [0.3, 0.4) is 0 Å². The first-order chi connectivity index (χ1) is 9.98. The van der Waals surface area contributed by atoms with E-state index in [2.05, 4.69) is 5.32 Å². The number of rotatable bonds is 5. The average molecular weight is 351 g/mol. The van der Waals surface area contributed by atoms with Gasteiger partial charge in [-0.3, -0.25) is 0 Å². The van der Waals surface area contributed by atoms with Crippen LogP contribution in [0, 0.1) is 12.7 Å². The maximum atomic E-state index is 13.7. The Kier molecular flexibility index (Phi) is 7.25. The molecular formula is C15H24ClFN2O2S. The van der Waals surface area contributed by atoms with Crippen molar-refractivity contribution in [3.05, 3.63) is 29.6 Å². The second-order valence-electron chi connectivity index (χ2n) is 5.46. The molecule has 1 N–H and O–H groups in total. The summed E-state index contributed by atoms with van der Waals surface area (Å²) in [6, 6.07) is 4.25. The summed E-state index contributed by atoms with van der Waals surface area (Å²) >= 11 is 0. The van der Waals surface area contributed by atoms with E-state index in [1.165, 1.54) is 25.1 Å². The fourth-order valence-electron chi connectivity index (χ4n) is 2.81. The van der Waals surface area contributed by atoms with Crippen molar-refractivity contribution in [3.8, 4) is 0 Å². The highest BCUT2D eigenvalue weighted by atomic mass is 35.5. The van der Waals surface area contributed by atoms with Gasteiger partial charge in [0.1, 0.15) is 5.82 Å². The second kappa shape index (κ2) is 8.24. The third-order valence-corrected chi connectivity index (χ3v) is 6.06. The number of piperidine rings is 1. The van der Waals surface area contributed by atoms with Gasteiger partial charge >= 0.3 is 0 Å². The van der Waals surface area contributed by atoms with Gasteiger partial charge in [-0.1, -0.05) is 13.0 Å². The molecule has 0 aliphatic carbocycles. The Morgan fingerprint density at radius 2 is 1.95 bits per heavy atom. The van der Waals surface area contributed by atoms with E-state index in [0.717, 1.165) is 32.4 Å². The standard InChI is InChI=1S/C15H23FN2O2S.ClH/c1-3-11-18(13-7-9-17-10-8-13)21(19,20)15-6-4-5-14(16)12(15)2;/h4-6,13,17H,3,7-11H2,1-2H3;1H. The topological polar surface area (TPSA) is 49.4 Å². The van der Waals surface area contributed by atoms with Crippen LogP contribution in [0.1, 0.15) is 31.7 Å². The summed E-state index contributed by atoms with van der Waals surface area (Å²) in [5.41, 5.74) is 0.201. The summed E-state index contributed by atoms with van der Waals surface area (Å²) in [6.07, 6.45) is 2.35. The fourth-order valence-corrected chi connectivity index (χ4v) is 4.82. The molecule has 7 heteroatoms. The molecule has 1 aliphatic rings. The fraction of sp³-hybridized carbons (Fsp3) is 0.600. The van der Waals surface area contributed by atoms with E-state index in [9.17, 15) is 12.8 Å². The van der Waals surface area contributed by atoms with Gasteiger partial charge in [-0.2, -0.15) is 4.31 Å². The van der Waals surface area contributed by atoms with E-state index in [-0.39, 0.29) is 28.9 Å². The van der Waals surface area contributed by atoms with Crippen molar-refractivity contribution in [2.24, 2.45) is 0 Å². The molecule has 0 spiro atoms. The summed E-state index contributed by atoms with van der Waals surface area (Å²) < 4.78 is 41.1. The van der Waals surface area contributed by atoms with E-state index in [1.807, 2.05) is 6.92 Å². The molecule has 0 amide bonds. The summed E-state index contributed by atoms with van der Waals surface area (Å²) in [7, 11) is -3.65. The minimum Gasteiger partial charge on any atom is -0.317 e. The molecule has 126 valence electrons. The summed E-state index contributed by atoms with van der Waals surface area (Å²) in [5, 5.41) is 3.24. The van der Waals surface area contributed by atoms with Crippen molar-refractivity contribution in [2.45, 2.75) is 44.0 Å². The van der Waals surface area contributed by atoms with Crippen LogP contribution in [0.4, 0.5) is 4.39 Å². The van der Waals surface area contributed by atoms with Crippen molar-refractivity contribution in [1.29, 1.82) is 0 Å². The Morgan fingerprint density at radius 3 is 2.55 bits per heavy atom. The lowest BCUT2D eigenvalue weighted by Crippen LogP contribution is -2.46. The smallest absolute Gasteiger partial charge is 0.243 e. The molecule has 1 fully saturated rings. The van der Waals surface area contributed by atoms with Crippen LogP contribution >= 0.6 is 12.4 Å². The molecule has 0 unspecified atom stereocenters. The van der Waals surface area contributed by atoms with E-state index in [4.69, 9.17) is 0 Å². The lowest BCUT2D eigenvalue weighted by Gasteiger charge is -2.34. The van der Waals surface area contributed by atoms with Crippen molar-refractivity contribution in [2.75, 3.05) is 19.6 Å². The SMILES string of the molecule is CCCN(C1CCNCC1)S(=O)(=O)c1cccc(F)c1C.Cl. The number of sulfonamides is 1. The lowest BCUT2D eigenvalue weighted by atomic mass is 10.1. The average Bonchev–Trinajstić information content (AvgIpc) is 2.48. The van der Waals surface area contributed by atoms with Gasteiger partial charge in [0.25, 0.3) is 0 Å². The van der Waals surface area contributed by atoms with Crippen LogP contribution in [0.5, 0.6) is 0 Å². The van der Waals surface area contributed by atoms with E-state index in [0.29, 0.717) is 6.54 Å². The van der Waals surface area contributed by atoms with Crippen molar-refractivity contribution < 1.29 is 12.8 Å². The zero-order chi connectivity index (χ0) is 15.5. The molecule has 0 bridgehead atoms. The molecule has 22 heavy (non-hydrogen) atoms. The molecule has 1 heterocycles. The predicted octanol–water partition coefficient (Wildman–Crippen LogP) is 2.71. The Bertz CT molecular complexity index is 589. The lowest BCUT2D eigenvalue weighted by molar-refractivity contribution is 0.262. The molecule has 4 nitrogen and oxygen atoms in total. The van der Waals surface area contributed by atoms with Crippen LogP contribution in [-0.2, 0) is 10.0 Å². The minimum absolute atomic E-state index is 0. The molecule has 1 aromatic rings. The van der Waals surface area contributed by atoms with Gasteiger partial charge < -0.3 is 5.32 Å². The van der Waals surface area contributed by atoms with E-state index in [1.54, 1.807) is 4.31 Å². The monoisotopic (exact) mass is 350 g/mol.